The molecular weight excluding hydrogens is 274 g/mol. The summed E-state index contributed by atoms with van der Waals surface area (Å²) in [6.07, 6.45) is 2.51. The molecule has 1 fully saturated rings. The minimum absolute atomic E-state index is 0.0334. The number of anilines is 1. The Labute approximate surface area is 125 Å². The highest BCUT2D eigenvalue weighted by Crippen LogP contribution is 2.25. The van der Waals surface area contributed by atoms with E-state index in [9.17, 15) is 4.79 Å². The number of benzene rings is 1. The van der Waals surface area contributed by atoms with E-state index in [2.05, 4.69) is 10.6 Å². The summed E-state index contributed by atoms with van der Waals surface area (Å²) in [5.41, 5.74) is 2.19. The molecule has 1 aliphatic carbocycles. The molecule has 1 aromatic carbocycles. The Morgan fingerprint density at radius 3 is 2.85 bits per heavy atom. The highest BCUT2D eigenvalue weighted by atomic mass is 35.5. The first-order valence-corrected chi connectivity index (χ1v) is 7.47. The summed E-state index contributed by atoms with van der Waals surface area (Å²) >= 11 is 6.08. The lowest BCUT2D eigenvalue weighted by molar-refractivity contribution is -0.119. The lowest BCUT2D eigenvalue weighted by atomic mass is 10.1. The summed E-state index contributed by atoms with van der Waals surface area (Å²) in [5, 5.41) is 7.03. The fourth-order valence-corrected chi connectivity index (χ4v) is 2.36. The molecule has 1 amide bonds. The van der Waals surface area contributed by atoms with Gasteiger partial charge >= 0.3 is 0 Å². The van der Waals surface area contributed by atoms with Crippen molar-refractivity contribution in [3.05, 3.63) is 28.8 Å². The molecule has 1 aromatic rings. The predicted molar refractivity (Wildman–Crippen MR) is 83.3 cm³/mol. The van der Waals surface area contributed by atoms with Crippen molar-refractivity contribution in [2.45, 2.75) is 32.4 Å². The van der Waals surface area contributed by atoms with E-state index in [1.165, 1.54) is 12.8 Å². The van der Waals surface area contributed by atoms with E-state index in [0.717, 1.165) is 22.8 Å². The molecule has 0 spiro atoms. The maximum atomic E-state index is 11.7. The summed E-state index contributed by atoms with van der Waals surface area (Å²) in [5.74, 6) is 0.0334. The van der Waals surface area contributed by atoms with Crippen LogP contribution in [0.15, 0.2) is 18.2 Å². The molecule has 2 rings (SSSR count). The summed E-state index contributed by atoms with van der Waals surface area (Å²) in [6.45, 7) is 3.72. The Kier molecular flexibility index (Phi) is 5.26. The molecule has 0 radical (unpaired) electrons. The van der Waals surface area contributed by atoms with Crippen molar-refractivity contribution in [3.63, 3.8) is 0 Å². The van der Waals surface area contributed by atoms with Crippen molar-refractivity contribution in [2.24, 2.45) is 0 Å². The number of hydrogen-bond donors (Lipinski definition) is 2. The van der Waals surface area contributed by atoms with Gasteiger partial charge in [0, 0.05) is 36.9 Å². The molecule has 0 heterocycles. The number of nitrogens with zero attached hydrogens (tertiary/aromatic N) is 1. The number of amides is 1. The smallest absolute Gasteiger partial charge is 0.239 e. The van der Waals surface area contributed by atoms with Crippen LogP contribution >= 0.6 is 11.6 Å². The normalized spacial score (nSPS) is 14.2. The van der Waals surface area contributed by atoms with Crippen molar-refractivity contribution in [2.75, 3.05) is 25.0 Å². The average molecular weight is 296 g/mol. The second-order valence-electron chi connectivity index (χ2n) is 5.24. The van der Waals surface area contributed by atoms with E-state index in [1.807, 2.05) is 37.1 Å². The van der Waals surface area contributed by atoms with E-state index in [4.69, 9.17) is 11.6 Å². The number of nitrogens with one attached hydrogen (secondary N) is 2. The van der Waals surface area contributed by atoms with E-state index in [0.29, 0.717) is 19.1 Å². The molecule has 0 unspecified atom stereocenters. The van der Waals surface area contributed by atoms with E-state index in [1.54, 1.807) is 0 Å². The second kappa shape index (κ2) is 6.95. The maximum Gasteiger partial charge on any atom is 0.239 e. The number of carbonyl (C=O) groups is 1. The summed E-state index contributed by atoms with van der Waals surface area (Å²) < 4.78 is 0. The van der Waals surface area contributed by atoms with Gasteiger partial charge in [-0.3, -0.25) is 4.79 Å². The number of halogens is 1. The van der Waals surface area contributed by atoms with Gasteiger partial charge in [-0.15, -0.1) is 0 Å². The topological polar surface area (TPSA) is 44.4 Å². The molecule has 0 atom stereocenters. The highest BCUT2D eigenvalue weighted by Gasteiger charge is 2.21. The summed E-state index contributed by atoms with van der Waals surface area (Å²) in [4.78, 5) is 13.7. The number of hydrogen-bond acceptors (Lipinski definition) is 3. The molecule has 1 saturated carbocycles. The second-order valence-corrected chi connectivity index (χ2v) is 5.67. The van der Waals surface area contributed by atoms with Gasteiger partial charge in [-0.1, -0.05) is 11.6 Å². The molecule has 4 nitrogen and oxygen atoms in total. The van der Waals surface area contributed by atoms with Crippen molar-refractivity contribution < 1.29 is 4.79 Å². The third-order valence-corrected chi connectivity index (χ3v) is 3.60. The van der Waals surface area contributed by atoms with Gasteiger partial charge in [0.15, 0.2) is 0 Å². The maximum absolute atomic E-state index is 11.7. The molecular formula is C15H22ClN3O. The molecule has 0 bridgehead atoms. The van der Waals surface area contributed by atoms with Gasteiger partial charge in [-0.2, -0.15) is 0 Å². The van der Waals surface area contributed by atoms with Crippen molar-refractivity contribution in [1.82, 2.24) is 10.6 Å². The Balaban J connectivity index is 2.05. The van der Waals surface area contributed by atoms with Crippen LogP contribution in [0, 0.1) is 0 Å². The van der Waals surface area contributed by atoms with Crippen LogP contribution in [0.25, 0.3) is 0 Å². The first-order chi connectivity index (χ1) is 9.60. The molecule has 2 N–H and O–H groups in total. The van der Waals surface area contributed by atoms with E-state index in [-0.39, 0.29) is 5.91 Å². The van der Waals surface area contributed by atoms with Crippen LogP contribution < -0.4 is 15.5 Å². The van der Waals surface area contributed by atoms with Crippen LogP contribution in [-0.2, 0) is 11.3 Å². The SMILES string of the molecule is CCNC(=O)CN(C)c1ccc(Cl)cc1CNC1CC1. The zero-order valence-electron chi connectivity index (χ0n) is 12.1. The molecule has 110 valence electrons. The third-order valence-electron chi connectivity index (χ3n) is 3.37. The Morgan fingerprint density at radius 1 is 1.45 bits per heavy atom. The van der Waals surface area contributed by atoms with Crippen LogP contribution in [0.2, 0.25) is 5.02 Å². The molecule has 20 heavy (non-hydrogen) atoms. The predicted octanol–water partition coefficient (Wildman–Crippen LogP) is 2.16. The van der Waals surface area contributed by atoms with Crippen LogP contribution in [0.1, 0.15) is 25.3 Å². The zero-order valence-corrected chi connectivity index (χ0v) is 12.8. The van der Waals surface area contributed by atoms with Crippen molar-refractivity contribution in [1.29, 1.82) is 0 Å². The minimum atomic E-state index is 0.0334. The Morgan fingerprint density at radius 2 is 2.20 bits per heavy atom. The van der Waals surface area contributed by atoms with Gasteiger partial charge in [0.25, 0.3) is 0 Å². The van der Waals surface area contributed by atoms with Gasteiger partial charge in [-0.25, -0.2) is 0 Å². The Hall–Kier alpha value is -1.26. The standard InChI is InChI=1S/C15H22ClN3O/c1-3-17-15(20)10-19(2)14-7-4-12(16)8-11(14)9-18-13-5-6-13/h4,7-8,13,18H,3,5-6,9-10H2,1-2H3,(H,17,20). The van der Waals surface area contributed by atoms with Gasteiger partial charge in [-0.05, 0) is 43.5 Å². The molecule has 0 aliphatic heterocycles. The first-order valence-electron chi connectivity index (χ1n) is 7.09. The van der Waals surface area contributed by atoms with E-state index < -0.39 is 0 Å². The number of likely N-dealkylation sites (N-methyl/N-ethyl adjacent to an activating group) is 2. The van der Waals surface area contributed by atoms with Gasteiger partial charge in [0.05, 0.1) is 6.54 Å². The van der Waals surface area contributed by atoms with Crippen LogP contribution in [0.3, 0.4) is 0 Å². The van der Waals surface area contributed by atoms with E-state index >= 15 is 0 Å². The minimum Gasteiger partial charge on any atom is -0.365 e. The fourth-order valence-electron chi connectivity index (χ4n) is 2.16. The number of carbonyl (C=O) groups excluding carboxylic acids is 1. The molecule has 5 heteroatoms. The average Bonchev–Trinajstić information content (AvgIpc) is 3.20. The monoisotopic (exact) mass is 295 g/mol. The van der Waals surface area contributed by atoms with Crippen molar-refractivity contribution in [3.8, 4) is 0 Å². The fraction of sp³-hybridized carbons (Fsp3) is 0.533. The quantitative estimate of drug-likeness (QED) is 0.810. The Bertz CT molecular complexity index is 474. The largest absolute Gasteiger partial charge is 0.365 e. The zero-order chi connectivity index (χ0) is 14.5. The lowest BCUT2D eigenvalue weighted by Crippen LogP contribution is -2.35. The summed E-state index contributed by atoms with van der Waals surface area (Å²) in [6, 6.07) is 6.47. The van der Waals surface area contributed by atoms with Gasteiger partial charge < -0.3 is 15.5 Å². The highest BCUT2D eigenvalue weighted by molar-refractivity contribution is 6.30. The molecule has 0 aromatic heterocycles. The molecule has 1 aliphatic rings. The van der Waals surface area contributed by atoms with Gasteiger partial charge in [0.1, 0.15) is 0 Å². The van der Waals surface area contributed by atoms with Gasteiger partial charge in [0.2, 0.25) is 5.91 Å². The van der Waals surface area contributed by atoms with Crippen molar-refractivity contribution >= 4 is 23.2 Å². The lowest BCUT2D eigenvalue weighted by Gasteiger charge is -2.22. The van der Waals surface area contributed by atoms with Crippen LogP contribution in [0.4, 0.5) is 5.69 Å². The third kappa shape index (κ3) is 4.39. The number of rotatable bonds is 7. The first kappa shape index (κ1) is 15.1. The molecule has 0 saturated heterocycles. The van der Waals surface area contributed by atoms with Crippen LogP contribution in [0.5, 0.6) is 0 Å². The summed E-state index contributed by atoms with van der Waals surface area (Å²) in [7, 11) is 1.93. The van der Waals surface area contributed by atoms with Crippen LogP contribution in [-0.4, -0.2) is 32.1 Å².